The van der Waals surface area contributed by atoms with E-state index in [-0.39, 0.29) is 30.7 Å². The Morgan fingerprint density at radius 2 is 1.73 bits per heavy atom. The molecule has 0 saturated carbocycles. The molecule has 3 aromatic carbocycles. The van der Waals surface area contributed by atoms with Crippen molar-refractivity contribution in [2.45, 2.75) is 51.9 Å². The maximum absolute atomic E-state index is 14.0. The van der Waals surface area contributed by atoms with Crippen molar-refractivity contribution < 1.29 is 14.7 Å². The summed E-state index contributed by atoms with van der Waals surface area (Å²) in [6.07, 6.45) is 0.699. The molecule has 2 amide bonds. The summed E-state index contributed by atoms with van der Waals surface area (Å²) in [5, 5.41) is 21.8. The lowest BCUT2D eigenvalue weighted by atomic mass is 9.98. The highest BCUT2D eigenvalue weighted by Crippen LogP contribution is 2.29. The van der Waals surface area contributed by atoms with Gasteiger partial charge in [-0.1, -0.05) is 66.2 Å². The number of carbonyl (C=O) groups is 2. The molecule has 0 aliphatic heterocycles. The normalized spacial score (nSPS) is 12.3. The minimum Gasteiger partial charge on any atom is -0.508 e. The first kappa shape index (κ1) is 26.2. The number of carbonyl (C=O) groups excluding carboxylic acids is 2. The van der Waals surface area contributed by atoms with Crippen LogP contribution in [0.3, 0.4) is 0 Å². The fourth-order valence-corrected chi connectivity index (χ4v) is 4.20. The summed E-state index contributed by atoms with van der Waals surface area (Å²) in [6.45, 7) is 5.82. The topological polar surface area (TPSA) is 100 Å². The molecule has 1 atom stereocenters. The average molecular weight is 520 g/mol. The van der Waals surface area contributed by atoms with Crippen LogP contribution in [0.25, 0.3) is 11.0 Å². The van der Waals surface area contributed by atoms with Crippen molar-refractivity contribution in [2.24, 2.45) is 0 Å². The number of aromatic nitrogens is 3. The van der Waals surface area contributed by atoms with Crippen LogP contribution in [0.2, 0.25) is 5.02 Å². The van der Waals surface area contributed by atoms with Crippen LogP contribution < -0.4 is 5.32 Å². The van der Waals surface area contributed by atoms with Crippen LogP contribution in [0.5, 0.6) is 5.75 Å². The highest BCUT2D eigenvalue weighted by atomic mass is 35.5. The van der Waals surface area contributed by atoms with E-state index in [0.717, 1.165) is 0 Å². The first-order valence-corrected chi connectivity index (χ1v) is 12.5. The van der Waals surface area contributed by atoms with Crippen LogP contribution in [0.15, 0.2) is 72.8 Å². The number of nitrogens with one attached hydrogen (secondary N) is 1. The molecular formula is C28H30ClN5O3. The number of phenols is 1. The molecule has 0 radical (unpaired) electrons. The van der Waals surface area contributed by atoms with Crippen LogP contribution in [0, 0.1) is 0 Å². The molecule has 0 saturated heterocycles. The molecule has 192 valence electrons. The van der Waals surface area contributed by atoms with Crippen LogP contribution in [0.1, 0.15) is 44.4 Å². The van der Waals surface area contributed by atoms with Crippen molar-refractivity contribution in [3.63, 3.8) is 0 Å². The van der Waals surface area contributed by atoms with Crippen LogP contribution in [-0.2, 0) is 22.7 Å². The second-order valence-corrected chi connectivity index (χ2v) is 9.98. The smallest absolute Gasteiger partial charge is 0.247 e. The summed E-state index contributed by atoms with van der Waals surface area (Å²) in [7, 11) is 0. The third-order valence-electron chi connectivity index (χ3n) is 6.44. The molecule has 1 aromatic heterocycles. The Labute approximate surface area is 220 Å². The number of rotatable bonds is 9. The third-order valence-corrected chi connectivity index (χ3v) is 6.81. The van der Waals surface area contributed by atoms with Gasteiger partial charge in [0.05, 0.1) is 5.52 Å². The molecule has 1 unspecified atom stereocenters. The minimum absolute atomic E-state index is 0.0647. The standard InChI is InChI=1S/C28H30ClN5O3/c1-4-28(2,3)30-27(37)26(19-13-15-21(35)16-14-19)33(17-20-9-5-6-10-22(20)29)25(36)18-34-24-12-8-7-11-23(24)31-32-34/h5-16,26,35H,4,17-18H2,1-3H3,(H,30,37). The molecule has 1 heterocycles. The zero-order valence-corrected chi connectivity index (χ0v) is 21.8. The fourth-order valence-electron chi connectivity index (χ4n) is 4.01. The summed E-state index contributed by atoms with van der Waals surface area (Å²) in [6, 6.07) is 19.9. The van der Waals surface area contributed by atoms with Crippen molar-refractivity contribution in [1.82, 2.24) is 25.2 Å². The molecular weight excluding hydrogens is 490 g/mol. The van der Waals surface area contributed by atoms with E-state index in [1.807, 2.05) is 63.2 Å². The number of halogens is 1. The number of fused-ring (bicyclic) bond motifs is 1. The second kappa shape index (κ2) is 11.0. The molecule has 0 bridgehead atoms. The van der Waals surface area contributed by atoms with Gasteiger partial charge in [0, 0.05) is 17.1 Å². The van der Waals surface area contributed by atoms with Gasteiger partial charge < -0.3 is 15.3 Å². The third kappa shape index (κ3) is 6.09. The Kier molecular flexibility index (Phi) is 7.78. The number of hydrogen-bond donors (Lipinski definition) is 2. The summed E-state index contributed by atoms with van der Waals surface area (Å²) in [5.41, 5.74) is 2.16. The first-order valence-electron chi connectivity index (χ1n) is 12.1. The van der Waals surface area contributed by atoms with Crippen LogP contribution in [-0.4, -0.2) is 42.4 Å². The monoisotopic (exact) mass is 519 g/mol. The van der Waals surface area contributed by atoms with Crippen molar-refractivity contribution in [3.05, 3.63) is 88.9 Å². The maximum Gasteiger partial charge on any atom is 0.247 e. The minimum atomic E-state index is -0.981. The van der Waals surface area contributed by atoms with Crippen molar-refractivity contribution in [3.8, 4) is 5.75 Å². The predicted molar refractivity (Wildman–Crippen MR) is 143 cm³/mol. The molecule has 4 rings (SSSR count). The van der Waals surface area contributed by atoms with Gasteiger partial charge in [-0.2, -0.15) is 0 Å². The number of phenolic OH excluding ortho intramolecular Hbond substituents is 1. The SMILES string of the molecule is CCC(C)(C)NC(=O)C(c1ccc(O)cc1)N(Cc1ccccc1Cl)C(=O)Cn1nnc2ccccc21. The lowest BCUT2D eigenvalue weighted by molar-refractivity contribution is -0.143. The van der Waals surface area contributed by atoms with E-state index in [1.165, 1.54) is 21.7 Å². The molecule has 0 aliphatic rings. The van der Waals surface area contributed by atoms with E-state index >= 15 is 0 Å². The van der Waals surface area contributed by atoms with E-state index in [1.54, 1.807) is 18.2 Å². The molecule has 9 heteroatoms. The van der Waals surface area contributed by atoms with Gasteiger partial charge in [-0.25, -0.2) is 4.68 Å². The zero-order valence-electron chi connectivity index (χ0n) is 21.1. The highest BCUT2D eigenvalue weighted by Gasteiger charge is 2.34. The molecule has 0 fully saturated rings. The number of aromatic hydroxyl groups is 1. The van der Waals surface area contributed by atoms with E-state index in [0.29, 0.717) is 33.6 Å². The molecule has 4 aromatic rings. The Morgan fingerprint density at radius 1 is 1.05 bits per heavy atom. The summed E-state index contributed by atoms with van der Waals surface area (Å²) >= 11 is 6.47. The van der Waals surface area contributed by atoms with Gasteiger partial charge in [-0.15, -0.1) is 5.10 Å². The Balaban J connectivity index is 1.78. The van der Waals surface area contributed by atoms with Crippen molar-refractivity contribution in [1.29, 1.82) is 0 Å². The number of nitrogens with zero attached hydrogens (tertiary/aromatic N) is 4. The quantitative estimate of drug-likeness (QED) is 0.329. The van der Waals surface area contributed by atoms with Gasteiger partial charge >= 0.3 is 0 Å². The van der Waals surface area contributed by atoms with Crippen molar-refractivity contribution >= 4 is 34.4 Å². The summed E-state index contributed by atoms with van der Waals surface area (Å²) < 4.78 is 1.53. The number of amides is 2. The fraction of sp³-hybridized carbons (Fsp3) is 0.286. The lowest BCUT2D eigenvalue weighted by Crippen LogP contribution is -2.50. The van der Waals surface area contributed by atoms with Gasteiger partial charge in [0.2, 0.25) is 11.8 Å². The molecule has 2 N–H and O–H groups in total. The van der Waals surface area contributed by atoms with Crippen LogP contribution in [0.4, 0.5) is 0 Å². The predicted octanol–water partition coefficient (Wildman–Crippen LogP) is 4.87. The van der Waals surface area contributed by atoms with Gasteiger partial charge in [-0.3, -0.25) is 9.59 Å². The first-order chi connectivity index (χ1) is 17.7. The molecule has 0 aliphatic carbocycles. The number of para-hydroxylation sites is 1. The number of benzene rings is 3. The summed E-state index contributed by atoms with van der Waals surface area (Å²) in [5.74, 6) is -0.602. The Bertz CT molecular complexity index is 1400. The summed E-state index contributed by atoms with van der Waals surface area (Å²) in [4.78, 5) is 29.3. The van der Waals surface area contributed by atoms with E-state index < -0.39 is 11.6 Å². The van der Waals surface area contributed by atoms with Crippen LogP contribution >= 0.6 is 11.6 Å². The average Bonchev–Trinajstić information content (AvgIpc) is 3.28. The van der Waals surface area contributed by atoms with E-state index in [9.17, 15) is 14.7 Å². The molecule has 0 spiro atoms. The lowest BCUT2D eigenvalue weighted by Gasteiger charge is -2.35. The van der Waals surface area contributed by atoms with Gasteiger partial charge in [0.15, 0.2) is 0 Å². The maximum atomic E-state index is 14.0. The van der Waals surface area contributed by atoms with Crippen molar-refractivity contribution in [2.75, 3.05) is 0 Å². The number of hydrogen-bond acceptors (Lipinski definition) is 5. The highest BCUT2D eigenvalue weighted by molar-refractivity contribution is 6.31. The molecule has 8 nitrogen and oxygen atoms in total. The van der Waals surface area contributed by atoms with E-state index in [2.05, 4.69) is 15.6 Å². The van der Waals surface area contributed by atoms with Gasteiger partial charge in [-0.05, 0) is 61.7 Å². The Hall–Kier alpha value is -3.91. The van der Waals surface area contributed by atoms with E-state index in [4.69, 9.17) is 11.6 Å². The largest absolute Gasteiger partial charge is 0.508 e. The zero-order chi connectivity index (χ0) is 26.6. The van der Waals surface area contributed by atoms with Gasteiger partial charge in [0.1, 0.15) is 23.9 Å². The van der Waals surface area contributed by atoms with Gasteiger partial charge in [0.25, 0.3) is 0 Å². The molecule has 37 heavy (non-hydrogen) atoms. The second-order valence-electron chi connectivity index (χ2n) is 9.57. The Morgan fingerprint density at radius 3 is 2.43 bits per heavy atom.